The summed E-state index contributed by atoms with van der Waals surface area (Å²) in [5, 5.41) is 0. The number of hydrogen-bond donors (Lipinski definition) is 1. The van der Waals surface area contributed by atoms with Crippen LogP contribution in [0.25, 0.3) is 5.65 Å². The van der Waals surface area contributed by atoms with E-state index in [1.165, 1.54) is 25.0 Å². The van der Waals surface area contributed by atoms with Crippen molar-refractivity contribution in [3.05, 3.63) is 30.1 Å². The summed E-state index contributed by atoms with van der Waals surface area (Å²) in [5.74, 6) is 1.11. The predicted octanol–water partition coefficient (Wildman–Crippen LogP) is 1.82. The standard InChI is InChI=1S/C14H20N4/c1-17(11-5-4-6-11)14-12(8-9-15)18-10-3-2-7-13(18)16-14/h2-3,7,10-11H,4-6,8-9,15H2,1H3. The Hall–Kier alpha value is -1.55. The number of fused-ring (bicyclic) bond motifs is 1. The minimum atomic E-state index is 0.659. The molecule has 0 unspecified atom stereocenters. The third-order valence-electron chi connectivity index (χ3n) is 3.95. The van der Waals surface area contributed by atoms with Crippen LogP contribution in [0.3, 0.4) is 0 Å². The monoisotopic (exact) mass is 244 g/mol. The van der Waals surface area contributed by atoms with Crippen molar-refractivity contribution in [1.82, 2.24) is 9.38 Å². The van der Waals surface area contributed by atoms with Gasteiger partial charge in [0.15, 0.2) is 5.82 Å². The Balaban J connectivity index is 2.05. The number of nitrogens with two attached hydrogens (primary N) is 1. The highest BCUT2D eigenvalue weighted by Gasteiger charge is 2.26. The number of anilines is 1. The fourth-order valence-electron chi connectivity index (χ4n) is 2.63. The Morgan fingerprint density at radius 2 is 2.28 bits per heavy atom. The van der Waals surface area contributed by atoms with Crippen LogP contribution in [0.1, 0.15) is 25.0 Å². The molecule has 0 amide bonds. The zero-order chi connectivity index (χ0) is 12.5. The summed E-state index contributed by atoms with van der Waals surface area (Å²) in [6.07, 6.45) is 6.86. The molecule has 2 heterocycles. The van der Waals surface area contributed by atoms with Crippen molar-refractivity contribution < 1.29 is 0 Å². The van der Waals surface area contributed by atoms with Crippen molar-refractivity contribution in [2.75, 3.05) is 18.5 Å². The van der Waals surface area contributed by atoms with E-state index >= 15 is 0 Å². The van der Waals surface area contributed by atoms with Gasteiger partial charge in [-0.1, -0.05) is 6.07 Å². The topological polar surface area (TPSA) is 46.6 Å². The Bertz CT molecular complexity index is 542. The zero-order valence-corrected chi connectivity index (χ0v) is 10.8. The maximum absolute atomic E-state index is 5.74. The van der Waals surface area contributed by atoms with Crippen LogP contribution < -0.4 is 10.6 Å². The predicted molar refractivity (Wildman–Crippen MR) is 74.0 cm³/mol. The molecule has 2 aromatic rings. The lowest BCUT2D eigenvalue weighted by Gasteiger charge is -2.35. The number of nitrogens with zero attached hydrogens (tertiary/aromatic N) is 3. The maximum Gasteiger partial charge on any atom is 0.151 e. The van der Waals surface area contributed by atoms with Gasteiger partial charge in [-0.2, -0.15) is 0 Å². The molecule has 0 atom stereocenters. The van der Waals surface area contributed by atoms with Crippen molar-refractivity contribution in [2.45, 2.75) is 31.7 Å². The SMILES string of the molecule is CN(c1nc2ccccn2c1CCN)C1CCC1. The van der Waals surface area contributed by atoms with Crippen molar-refractivity contribution in [2.24, 2.45) is 5.73 Å². The van der Waals surface area contributed by atoms with Gasteiger partial charge < -0.3 is 15.0 Å². The van der Waals surface area contributed by atoms with Gasteiger partial charge in [-0.15, -0.1) is 0 Å². The van der Waals surface area contributed by atoms with Crippen molar-refractivity contribution in [1.29, 1.82) is 0 Å². The average molecular weight is 244 g/mol. The van der Waals surface area contributed by atoms with Gasteiger partial charge in [0.05, 0.1) is 5.69 Å². The van der Waals surface area contributed by atoms with Gasteiger partial charge in [0.25, 0.3) is 0 Å². The summed E-state index contributed by atoms with van der Waals surface area (Å²) in [6.45, 7) is 0.661. The number of aromatic nitrogens is 2. The molecule has 0 radical (unpaired) electrons. The molecule has 2 N–H and O–H groups in total. The van der Waals surface area contributed by atoms with Crippen molar-refractivity contribution in [3.63, 3.8) is 0 Å². The smallest absolute Gasteiger partial charge is 0.151 e. The van der Waals surface area contributed by atoms with Crippen LogP contribution in [-0.4, -0.2) is 29.0 Å². The van der Waals surface area contributed by atoms with E-state index in [1.807, 2.05) is 12.1 Å². The summed E-state index contributed by atoms with van der Waals surface area (Å²) < 4.78 is 2.16. The summed E-state index contributed by atoms with van der Waals surface area (Å²) in [7, 11) is 2.16. The lowest BCUT2D eigenvalue weighted by atomic mass is 9.92. The van der Waals surface area contributed by atoms with Gasteiger partial charge in [-0.05, 0) is 37.9 Å². The first-order valence-electron chi connectivity index (χ1n) is 6.70. The van der Waals surface area contributed by atoms with E-state index in [1.54, 1.807) is 0 Å². The normalized spacial score (nSPS) is 15.9. The number of pyridine rings is 1. The van der Waals surface area contributed by atoms with E-state index in [0.717, 1.165) is 17.9 Å². The summed E-state index contributed by atoms with van der Waals surface area (Å²) in [6, 6.07) is 6.79. The summed E-state index contributed by atoms with van der Waals surface area (Å²) in [4.78, 5) is 7.10. The minimum Gasteiger partial charge on any atom is -0.355 e. The third kappa shape index (κ3) is 1.77. The van der Waals surface area contributed by atoms with E-state index < -0.39 is 0 Å². The number of imidazole rings is 1. The summed E-state index contributed by atoms with van der Waals surface area (Å²) in [5.41, 5.74) is 8.00. The maximum atomic E-state index is 5.74. The Labute approximate surface area is 107 Å². The molecule has 0 bridgehead atoms. The Morgan fingerprint density at radius 1 is 1.44 bits per heavy atom. The second-order valence-corrected chi connectivity index (χ2v) is 5.05. The van der Waals surface area contributed by atoms with Gasteiger partial charge in [0.1, 0.15) is 5.65 Å². The summed E-state index contributed by atoms with van der Waals surface area (Å²) >= 11 is 0. The van der Waals surface area contributed by atoms with Gasteiger partial charge in [0, 0.05) is 25.7 Å². The Morgan fingerprint density at radius 3 is 2.94 bits per heavy atom. The van der Waals surface area contributed by atoms with Crippen LogP contribution in [0.2, 0.25) is 0 Å². The molecule has 1 fully saturated rings. The number of rotatable bonds is 4. The molecule has 2 aromatic heterocycles. The molecule has 4 nitrogen and oxygen atoms in total. The highest BCUT2D eigenvalue weighted by molar-refractivity contribution is 5.56. The number of hydrogen-bond acceptors (Lipinski definition) is 3. The first-order valence-corrected chi connectivity index (χ1v) is 6.70. The molecular formula is C14H20N4. The third-order valence-corrected chi connectivity index (χ3v) is 3.95. The van der Waals surface area contributed by atoms with Crippen LogP contribution in [0.15, 0.2) is 24.4 Å². The molecule has 0 aromatic carbocycles. The van der Waals surface area contributed by atoms with Crippen molar-refractivity contribution >= 4 is 11.5 Å². The van der Waals surface area contributed by atoms with E-state index in [2.05, 4.69) is 28.6 Å². The first-order chi connectivity index (χ1) is 8.81. The van der Waals surface area contributed by atoms with Gasteiger partial charge in [-0.25, -0.2) is 4.98 Å². The van der Waals surface area contributed by atoms with E-state index in [0.29, 0.717) is 12.6 Å². The van der Waals surface area contributed by atoms with E-state index in [4.69, 9.17) is 10.7 Å². The lowest BCUT2D eigenvalue weighted by Crippen LogP contribution is -2.38. The van der Waals surface area contributed by atoms with E-state index in [-0.39, 0.29) is 0 Å². The molecule has 0 saturated heterocycles. The fraction of sp³-hybridized carbons (Fsp3) is 0.500. The molecule has 4 heteroatoms. The Kier molecular flexibility index (Phi) is 2.96. The molecular weight excluding hydrogens is 224 g/mol. The largest absolute Gasteiger partial charge is 0.355 e. The highest BCUT2D eigenvalue weighted by atomic mass is 15.2. The fourth-order valence-corrected chi connectivity index (χ4v) is 2.63. The van der Waals surface area contributed by atoms with Gasteiger partial charge in [-0.3, -0.25) is 0 Å². The van der Waals surface area contributed by atoms with Crippen LogP contribution in [-0.2, 0) is 6.42 Å². The molecule has 1 aliphatic carbocycles. The van der Waals surface area contributed by atoms with Crippen LogP contribution >= 0.6 is 0 Å². The van der Waals surface area contributed by atoms with Crippen molar-refractivity contribution in [3.8, 4) is 0 Å². The molecule has 1 aliphatic rings. The molecule has 3 rings (SSSR count). The lowest BCUT2D eigenvalue weighted by molar-refractivity contribution is 0.399. The van der Waals surface area contributed by atoms with Crippen LogP contribution in [0, 0.1) is 0 Å². The average Bonchev–Trinajstić information content (AvgIpc) is 2.67. The molecule has 1 saturated carbocycles. The first kappa shape index (κ1) is 11.5. The van der Waals surface area contributed by atoms with Crippen LogP contribution in [0.4, 0.5) is 5.82 Å². The zero-order valence-electron chi connectivity index (χ0n) is 10.8. The molecule has 96 valence electrons. The van der Waals surface area contributed by atoms with Gasteiger partial charge in [0.2, 0.25) is 0 Å². The minimum absolute atomic E-state index is 0.659. The van der Waals surface area contributed by atoms with E-state index in [9.17, 15) is 0 Å². The second-order valence-electron chi connectivity index (χ2n) is 5.05. The molecule has 0 spiro atoms. The molecule has 18 heavy (non-hydrogen) atoms. The van der Waals surface area contributed by atoms with Crippen LogP contribution in [0.5, 0.6) is 0 Å². The van der Waals surface area contributed by atoms with Gasteiger partial charge >= 0.3 is 0 Å². The highest BCUT2D eigenvalue weighted by Crippen LogP contribution is 2.30. The molecule has 0 aliphatic heterocycles. The second kappa shape index (κ2) is 4.61. The quantitative estimate of drug-likeness (QED) is 0.892.